The minimum absolute atomic E-state index is 0.248. The molecule has 0 aliphatic rings. The van der Waals surface area contributed by atoms with Gasteiger partial charge in [0.2, 0.25) is 0 Å². The van der Waals surface area contributed by atoms with Gasteiger partial charge in [0.05, 0.1) is 17.3 Å². The van der Waals surface area contributed by atoms with Crippen LogP contribution in [0.15, 0.2) is 65.8 Å². The SMILES string of the molecule is Cc1nc(C(Cc2c[nH]c3ccccc23)NC(=O)c2cccnc2)cc(=O)[nH]1. The van der Waals surface area contributed by atoms with E-state index < -0.39 is 6.04 Å². The van der Waals surface area contributed by atoms with E-state index in [2.05, 4.69) is 25.3 Å². The number of carbonyl (C=O) groups is 1. The van der Waals surface area contributed by atoms with Crippen LogP contribution < -0.4 is 10.9 Å². The minimum Gasteiger partial charge on any atom is -0.361 e. The Morgan fingerprint density at radius 1 is 1.21 bits per heavy atom. The summed E-state index contributed by atoms with van der Waals surface area (Å²) in [6, 6.07) is 12.3. The van der Waals surface area contributed by atoms with Crippen LogP contribution in [0, 0.1) is 6.92 Å². The highest BCUT2D eigenvalue weighted by Gasteiger charge is 2.20. The van der Waals surface area contributed by atoms with Crippen LogP contribution in [0.2, 0.25) is 0 Å². The van der Waals surface area contributed by atoms with Crippen molar-refractivity contribution in [3.8, 4) is 0 Å². The monoisotopic (exact) mass is 373 g/mol. The number of carbonyl (C=O) groups excluding carboxylic acids is 1. The van der Waals surface area contributed by atoms with Crippen molar-refractivity contribution in [2.75, 3.05) is 0 Å². The fraction of sp³-hybridized carbons (Fsp3) is 0.143. The zero-order valence-corrected chi connectivity index (χ0v) is 15.3. The molecular weight excluding hydrogens is 354 g/mol. The standard InChI is InChI=1S/C21H19N5O2/c1-13-24-19(10-20(27)25-13)18(26-21(28)14-5-4-8-22-11-14)9-15-12-23-17-7-3-2-6-16(15)17/h2-8,10-12,18,23H,9H2,1H3,(H,26,28)(H,24,25,27). The molecule has 0 radical (unpaired) electrons. The van der Waals surface area contributed by atoms with Gasteiger partial charge < -0.3 is 15.3 Å². The van der Waals surface area contributed by atoms with Gasteiger partial charge >= 0.3 is 0 Å². The summed E-state index contributed by atoms with van der Waals surface area (Å²) in [7, 11) is 0. The first-order valence-corrected chi connectivity index (χ1v) is 8.94. The van der Waals surface area contributed by atoms with Crippen molar-refractivity contribution in [3.05, 3.63) is 94.1 Å². The first-order valence-electron chi connectivity index (χ1n) is 8.94. The van der Waals surface area contributed by atoms with Crippen LogP contribution in [-0.2, 0) is 6.42 Å². The number of fused-ring (bicyclic) bond motifs is 1. The maximum atomic E-state index is 12.7. The topological polar surface area (TPSA) is 104 Å². The minimum atomic E-state index is -0.465. The Labute approximate surface area is 160 Å². The van der Waals surface area contributed by atoms with E-state index >= 15 is 0 Å². The van der Waals surface area contributed by atoms with Gasteiger partial charge in [0.25, 0.3) is 11.5 Å². The molecule has 7 heteroatoms. The third kappa shape index (κ3) is 3.68. The van der Waals surface area contributed by atoms with E-state index in [4.69, 9.17) is 0 Å². The Kier molecular flexibility index (Phi) is 4.72. The van der Waals surface area contributed by atoms with Crippen molar-refractivity contribution >= 4 is 16.8 Å². The number of para-hydroxylation sites is 1. The third-order valence-electron chi connectivity index (χ3n) is 4.56. The Morgan fingerprint density at radius 2 is 2.07 bits per heavy atom. The van der Waals surface area contributed by atoms with Gasteiger partial charge in [0.1, 0.15) is 5.82 Å². The van der Waals surface area contributed by atoms with Crippen LogP contribution in [0.3, 0.4) is 0 Å². The van der Waals surface area contributed by atoms with Crippen molar-refractivity contribution < 1.29 is 4.79 Å². The first kappa shape index (κ1) is 17.7. The van der Waals surface area contributed by atoms with Crippen molar-refractivity contribution in [1.29, 1.82) is 0 Å². The zero-order valence-electron chi connectivity index (χ0n) is 15.3. The summed E-state index contributed by atoms with van der Waals surface area (Å²) in [6.45, 7) is 1.72. The Balaban J connectivity index is 1.70. The second kappa shape index (κ2) is 7.48. The average molecular weight is 373 g/mol. The van der Waals surface area contributed by atoms with Gasteiger partial charge in [-0.3, -0.25) is 14.6 Å². The summed E-state index contributed by atoms with van der Waals surface area (Å²) in [5.74, 6) is 0.236. The van der Waals surface area contributed by atoms with Crippen LogP contribution in [0.4, 0.5) is 0 Å². The van der Waals surface area contributed by atoms with E-state index in [-0.39, 0.29) is 11.5 Å². The summed E-state index contributed by atoms with van der Waals surface area (Å²) in [5, 5.41) is 4.07. The quantitative estimate of drug-likeness (QED) is 0.500. The predicted octanol–water partition coefficient (Wildman–Crippen LogP) is 2.67. The smallest absolute Gasteiger partial charge is 0.253 e. The van der Waals surface area contributed by atoms with Crippen molar-refractivity contribution in [2.45, 2.75) is 19.4 Å². The number of aromatic amines is 2. The van der Waals surface area contributed by atoms with Crippen LogP contribution in [-0.4, -0.2) is 25.8 Å². The molecule has 0 saturated heterocycles. The van der Waals surface area contributed by atoms with E-state index in [0.717, 1.165) is 16.5 Å². The van der Waals surface area contributed by atoms with Gasteiger partial charge in [0, 0.05) is 42.0 Å². The molecule has 4 rings (SSSR count). The molecule has 140 valence electrons. The van der Waals surface area contributed by atoms with Crippen LogP contribution >= 0.6 is 0 Å². The van der Waals surface area contributed by atoms with E-state index in [9.17, 15) is 9.59 Å². The predicted molar refractivity (Wildman–Crippen MR) is 106 cm³/mol. The van der Waals surface area contributed by atoms with Crippen LogP contribution in [0.1, 0.15) is 33.5 Å². The van der Waals surface area contributed by atoms with Gasteiger partial charge in [-0.05, 0) is 30.7 Å². The average Bonchev–Trinajstić information content (AvgIpc) is 3.10. The van der Waals surface area contributed by atoms with Gasteiger partial charge in [-0.25, -0.2) is 4.98 Å². The van der Waals surface area contributed by atoms with Crippen LogP contribution in [0.25, 0.3) is 10.9 Å². The number of amides is 1. The molecule has 0 bridgehead atoms. The largest absolute Gasteiger partial charge is 0.361 e. The highest BCUT2D eigenvalue weighted by molar-refractivity contribution is 5.94. The van der Waals surface area contributed by atoms with Gasteiger partial charge in [-0.1, -0.05) is 18.2 Å². The zero-order chi connectivity index (χ0) is 19.5. The highest BCUT2D eigenvalue weighted by Crippen LogP contribution is 2.23. The summed E-state index contributed by atoms with van der Waals surface area (Å²) >= 11 is 0. The van der Waals surface area contributed by atoms with Gasteiger partial charge in [0.15, 0.2) is 0 Å². The number of nitrogens with zero attached hydrogens (tertiary/aromatic N) is 2. The molecule has 0 aliphatic carbocycles. The van der Waals surface area contributed by atoms with E-state index in [0.29, 0.717) is 23.5 Å². The van der Waals surface area contributed by atoms with Crippen molar-refractivity contribution in [2.24, 2.45) is 0 Å². The lowest BCUT2D eigenvalue weighted by molar-refractivity contribution is 0.0935. The molecule has 1 atom stereocenters. The molecule has 1 amide bonds. The normalized spacial score (nSPS) is 12.0. The molecule has 3 heterocycles. The molecule has 0 saturated carbocycles. The molecule has 7 nitrogen and oxygen atoms in total. The fourth-order valence-electron chi connectivity index (χ4n) is 3.27. The molecule has 0 aliphatic heterocycles. The number of benzene rings is 1. The summed E-state index contributed by atoms with van der Waals surface area (Å²) in [5.41, 5.74) is 2.77. The number of pyridine rings is 1. The first-order chi connectivity index (χ1) is 13.6. The molecule has 0 spiro atoms. The molecule has 1 unspecified atom stereocenters. The molecule has 4 aromatic rings. The summed E-state index contributed by atoms with van der Waals surface area (Å²) in [6.07, 6.45) is 5.54. The fourth-order valence-corrected chi connectivity index (χ4v) is 3.27. The molecule has 1 aromatic carbocycles. The molecular formula is C21H19N5O2. The summed E-state index contributed by atoms with van der Waals surface area (Å²) < 4.78 is 0. The van der Waals surface area contributed by atoms with Crippen molar-refractivity contribution in [3.63, 3.8) is 0 Å². The Hall–Kier alpha value is -3.74. The second-order valence-corrected chi connectivity index (χ2v) is 6.59. The maximum absolute atomic E-state index is 12.7. The van der Waals surface area contributed by atoms with E-state index in [1.165, 1.54) is 12.3 Å². The number of rotatable bonds is 5. The Morgan fingerprint density at radius 3 is 2.86 bits per heavy atom. The number of H-pyrrole nitrogens is 2. The van der Waals surface area contributed by atoms with Crippen molar-refractivity contribution in [1.82, 2.24) is 25.3 Å². The second-order valence-electron chi connectivity index (χ2n) is 6.59. The molecule has 3 aromatic heterocycles. The van der Waals surface area contributed by atoms with Gasteiger partial charge in [-0.15, -0.1) is 0 Å². The van der Waals surface area contributed by atoms with Crippen LogP contribution in [0.5, 0.6) is 0 Å². The number of aryl methyl sites for hydroxylation is 1. The van der Waals surface area contributed by atoms with Gasteiger partial charge in [-0.2, -0.15) is 0 Å². The number of hydrogen-bond donors (Lipinski definition) is 3. The number of hydrogen-bond acceptors (Lipinski definition) is 4. The molecule has 28 heavy (non-hydrogen) atoms. The lowest BCUT2D eigenvalue weighted by Gasteiger charge is -2.18. The Bertz CT molecular complexity index is 1180. The highest BCUT2D eigenvalue weighted by atomic mass is 16.1. The molecule has 0 fully saturated rings. The van der Waals surface area contributed by atoms with E-state index in [1.54, 1.807) is 25.3 Å². The lowest BCUT2D eigenvalue weighted by Crippen LogP contribution is -2.31. The lowest BCUT2D eigenvalue weighted by atomic mass is 10.0. The third-order valence-corrected chi connectivity index (χ3v) is 4.56. The summed E-state index contributed by atoms with van der Waals surface area (Å²) in [4.78, 5) is 39.0. The molecule has 3 N–H and O–H groups in total. The van der Waals surface area contributed by atoms with E-state index in [1.807, 2.05) is 30.5 Å². The number of nitrogens with one attached hydrogen (secondary N) is 3. The maximum Gasteiger partial charge on any atom is 0.253 e. The number of aromatic nitrogens is 4.